The summed E-state index contributed by atoms with van der Waals surface area (Å²) in [5.74, 6) is -9.77. The lowest BCUT2D eigenvalue weighted by Gasteiger charge is -2.20. The zero-order valence-corrected chi connectivity index (χ0v) is 12.7. The fraction of sp³-hybridized carbons (Fsp3) is 0.200. The molecule has 0 radical (unpaired) electrons. The van der Waals surface area contributed by atoms with E-state index in [0.29, 0.717) is 5.56 Å². The van der Waals surface area contributed by atoms with E-state index < -0.39 is 49.1 Å². The third-order valence-electron chi connectivity index (χ3n) is 3.81. The van der Waals surface area contributed by atoms with E-state index in [-0.39, 0.29) is 0 Å². The predicted molar refractivity (Wildman–Crippen MR) is 72.7 cm³/mol. The predicted octanol–water partition coefficient (Wildman–Crippen LogP) is 3.91. The highest BCUT2D eigenvalue weighted by atomic mass is 28.4. The van der Waals surface area contributed by atoms with Gasteiger partial charge in [-0.05, 0) is 23.8 Å². The van der Waals surface area contributed by atoms with E-state index in [0.717, 1.165) is 5.19 Å². The summed E-state index contributed by atoms with van der Waals surface area (Å²) in [4.78, 5) is 0. The van der Waals surface area contributed by atoms with Crippen LogP contribution in [0.4, 0.5) is 22.0 Å². The Hall–Kier alpha value is -1.73. The Morgan fingerprint density at radius 2 is 1.32 bits per heavy atom. The molecule has 0 spiro atoms. The van der Waals surface area contributed by atoms with Crippen molar-refractivity contribution in [1.82, 2.24) is 0 Å². The largest absolute Gasteiger partial charge is 0.402 e. The average Bonchev–Trinajstić information content (AvgIpc) is 2.76. The maximum absolute atomic E-state index is 14.0. The van der Waals surface area contributed by atoms with Crippen molar-refractivity contribution in [2.24, 2.45) is 0 Å². The van der Waals surface area contributed by atoms with Crippen LogP contribution >= 0.6 is 0 Å². The Balaban J connectivity index is 2.27. The molecule has 0 aromatic heterocycles. The molecule has 2 aromatic carbocycles. The number of benzene rings is 2. The molecule has 116 valence electrons. The normalized spacial score (nSPS) is 19.3. The van der Waals surface area contributed by atoms with Crippen LogP contribution in [0.25, 0.3) is 0 Å². The summed E-state index contributed by atoms with van der Waals surface area (Å²) in [6.45, 7) is 3.61. The molecule has 0 N–H and O–H groups in total. The topological polar surface area (TPSA) is 9.23 Å². The van der Waals surface area contributed by atoms with E-state index in [1.54, 1.807) is 37.4 Å². The van der Waals surface area contributed by atoms with Gasteiger partial charge in [0.1, 0.15) is 6.10 Å². The van der Waals surface area contributed by atoms with Gasteiger partial charge in [-0.25, -0.2) is 22.0 Å². The van der Waals surface area contributed by atoms with Crippen LogP contribution in [0.15, 0.2) is 24.3 Å². The molecule has 0 amide bonds. The Morgan fingerprint density at radius 3 is 1.91 bits per heavy atom. The number of fused-ring (bicyclic) bond motifs is 1. The minimum atomic E-state index is -2.47. The first-order valence-electron chi connectivity index (χ1n) is 6.54. The molecule has 3 rings (SSSR count). The molecular weight excluding hydrogens is 319 g/mol. The number of hydrogen-bond donors (Lipinski definition) is 0. The molecule has 0 aliphatic carbocycles. The quantitative estimate of drug-likeness (QED) is 0.333. The van der Waals surface area contributed by atoms with Crippen LogP contribution in [0.2, 0.25) is 13.1 Å². The van der Waals surface area contributed by atoms with Crippen molar-refractivity contribution < 1.29 is 26.4 Å². The first-order chi connectivity index (χ1) is 10.3. The standard InChI is InChI=1S/C15H11F5OSi/c1-22(2)8-6-4-3-5-7(8)15(21-22)9-10(16)12(18)14(20)13(19)11(9)17/h3-6,15H,1-2H3. The minimum absolute atomic E-state index is 0.447. The number of rotatable bonds is 1. The van der Waals surface area contributed by atoms with E-state index in [2.05, 4.69) is 0 Å². The molecule has 1 atom stereocenters. The van der Waals surface area contributed by atoms with Gasteiger partial charge in [0.15, 0.2) is 23.3 Å². The molecule has 1 aliphatic heterocycles. The summed E-state index contributed by atoms with van der Waals surface area (Å²) in [5.41, 5.74) is -0.482. The molecule has 2 aromatic rings. The van der Waals surface area contributed by atoms with Crippen LogP contribution in [-0.2, 0) is 4.43 Å². The molecule has 1 heterocycles. The SMILES string of the molecule is C[Si]1(C)OC(c2c(F)c(F)c(F)c(F)c2F)c2ccccc21. The monoisotopic (exact) mass is 330 g/mol. The first kappa shape index (κ1) is 15.2. The van der Waals surface area contributed by atoms with E-state index in [9.17, 15) is 22.0 Å². The summed E-state index contributed by atoms with van der Waals surface area (Å²) in [7, 11) is -2.47. The summed E-state index contributed by atoms with van der Waals surface area (Å²) in [6, 6.07) is 6.72. The Kier molecular flexibility index (Phi) is 3.37. The first-order valence-corrected chi connectivity index (χ1v) is 9.45. The number of hydrogen-bond acceptors (Lipinski definition) is 1. The number of halogens is 5. The molecule has 0 saturated heterocycles. The van der Waals surface area contributed by atoms with Gasteiger partial charge < -0.3 is 4.43 Å². The Morgan fingerprint density at radius 1 is 0.818 bits per heavy atom. The van der Waals surface area contributed by atoms with Gasteiger partial charge in [-0.1, -0.05) is 24.3 Å². The van der Waals surface area contributed by atoms with Crippen molar-refractivity contribution in [1.29, 1.82) is 0 Å². The molecule has 0 saturated carbocycles. The second-order valence-corrected chi connectivity index (χ2v) is 9.37. The van der Waals surface area contributed by atoms with Crippen LogP contribution < -0.4 is 5.19 Å². The van der Waals surface area contributed by atoms with Gasteiger partial charge in [0.05, 0.1) is 5.56 Å². The third kappa shape index (κ3) is 1.99. The summed E-state index contributed by atoms with van der Waals surface area (Å²) in [6.07, 6.45) is -1.29. The smallest absolute Gasteiger partial charge is 0.219 e. The van der Waals surface area contributed by atoms with Gasteiger partial charge in [0.25, 0.3) is 0 Å². The zero-order chi connectivity index (χ0) is 16.2. The lowest BCUT2D eigenvalue weighted by molar-refractivity contribution is 0.237. The third-order valence-corrected chi connectivity index (χ3v) is 6.39. The van der Waals surface area contributed by atoms with Gasteiger partial charge in [-0.15, -0.1) is 0 Å². The highest BCUT2D eigenvalue weighted by Crippen LogP contribution is 2.39. The van der Waals surface area contributed by atoms with Crippen molar-refractivity contribution >= 4 is 13.5 Å². The molecule has 0 fully saturated rings. The maximum atomic E-state index is 14.0. The van der Waals surface area contributed by atoms with Gasteiger partial charge >= 0.3 is 0 Å². The lowest BCUT2D eigenvalue weighted by atomic mass is 10.00. The second kappa shape index (κ2) is 4.89. The van der Waals surface area contributed by atoms with Crippen molar-refractivity contribution in [3.63, 3.8) is 0 Å². The second-order valence-electron chi connectivity index (χ2n) is 5.58. The fourth-order valence-electron chi connectivity index (χ4n) is 2.76. The Labute approximate surface area is 124 Å². The van der Waals surface area contributed by atoms with Gasteiger partial charge in [-0.2, -0.15) is 0 Å². The zero-order valence-electron chi connectivity index (χ0n) is 11.7. The summed E-state index contributed by atoms with van der Waals surface area (Å²) >= 11 is 0. The van der Waals surface area contributed by atoms with Crippen LogP contribution in [-0.4, -0.2) is 8.32 Å². The van der Waals surface area contributed by atoms with Crippen LogP contribution in [0.3, 0.4) is 0 Å². The van der Waals surface area contributed by atoms with Crippen LogP contribution in [0.5, 0.6) is 0 Å². The molecule has 1 nitrogen and oxygen atoms in total. The molecule has 1 unspecified atom stereocenters. The van der Waals surface area contributed by atoms with Crippen LogP contribution in [0, 0.1) is 29.1 Å². The minimum Gasteiger partial charge on any atom is -0.402 e. The van der Waals surface area contributed by atoms with Gasteiger partial charge in [-0.3, -0.25) is 0 Å². The summed E-state index contributed by atoms with van der Waals surface area (Å²) in [5, 5.41) is 0.781. The Bertz CT molecular complexity index is 746. The highest BCUT2D eigenvalue weighted by molar-refractivity contribution is 6.85. The van der Waals surface area contributed by atoms with Gasteiger partial charge in [0.2, 0.25) is 14.1 Å². The molecule has 22 heavy (non-hydrogen) atoms. The maximum Gasteiger partial charge on any atom is 0.219 e. The molecule has 7 heteroatoms. The average molecular weight is 330 g/mol. The molecular formula is C15H11F5OSi. The lowest BCUT2D eigenvalue weighted by Crippen LogP contribution is -2.39. The van der Waals surface area contributed by atoms with E-state index in [1.165, 1.54) is 0 Å². The molecule has 1 aliphatic rings. The van der Waals surface area contributed by atoms with Crippen molar-refractivity contribution in [3.05, 3.63) is 64.5 Å². The van der Waals surface area contributed by atoms with Crippen molar-refractivity contribution in [3.8, 4) is 0 Å². The van der Waals surface area contributed by atoms with E-state index in [4.69, 9.17) is 4.43 Å². The fourth-order valence-corrected chi connectivity index (χ4v) is 5.13. The van der Waals surface area contributed by atoms with E-state index >= 15 is 0 Å². The van der Waals surface area contributed by atoms with E-state index in [1.807, 2.05) is 0 Å². The molecule has 0 bridgehead atoms. The van der Waals surface area contributed by atoms with Gasteiger partial charge in [0, 0.05) is 0 Å². The van der Waals surface area contributed by atoms with Crippen molar-refractivity contribution in [2.45, 2.75) is 19.2 Å². The highest BCUT2D eigenvalue weighted by Gasteiger charge is 2.44. The van der Waals surface area contributed by atoms with Crippen LogP contribution in [0.1, 0.15) is 17.2 Å². The van der Waals surface area contributed by atoms with Crippen molar-refractivity contribution in [2.75, 3.05) is 0 Å². The summed E-state index contributed by atoms with van der Waals surface area (Å²) < 4.78 is 73.8.